The highest BCUT2D eigenvalue weighted by molar-refractivity contribution is 7.89. The molecule has 2 aromatic heterocycles. The summed E-state index contributed by atoms with van der Waals surface area (Å²) in [6, 6.07) is 16.5. The average Bonchev–Trinajstić information content (AvgIpc) is 3.80. The molecule has 220 valence electrons. The van der Waals surface area contributed by atoms with Crippen LogP contribution < -0.4 is 10.2 Å². The van der Waals surface area contributed by atoms with E-state index in [1.165, 1.54) is 37.4 Å². The lowest BCUT2D eigenvalue weighted by Gasteiger charge is -2.32. The van der Waals surface area contributed by atoms with Gasteiger partial charge in [0.1, 0.15) is 18.1 Å². The van der Waals surface area contributed by atoms with Gasteiger partial charge in [0.2, 0.25) is 21.8 Å². The molecule has 1 atom stereocenters. The van der Waals surface area contributed by atoms with E-state index >= 15 is 0 Å². The maximum atomic E-state index is 14.2. The highest BCUT2D eigenvalue weighted by Crippen LogP contribution is 2.33. The number of para-hydroxylation sites is 1. The first-order valence-corrected chi connectivity index (χ1v) is 16.8. The van der Waals surface area contributed by atoms with Gasteiger partial charge in [-0.2, -0.15) is 4.31 Å². The van der Waals surface area contributed by atoms with E-state index in [-0.39, 0.29) is 29.3 Å². The van der Waals surface area contributed by atoms with E-state index in [9.17, 15) is 18.0 Å². The summed E-state index contributed by atoms with van der Waals surface area (Å²) >= 11 is 1.40. The molecule has 1 N–H and O–H groups in total. The number of amides is 2. The summed E-state index contributed by atoms with van der Waals surface area (Å²) in [6.07, 6.45) is 6.64. The highest BCUT2D eigenvalue weighted by atomic mass is 32.2. The normalized spacial score (nSPS) is 17.3. The van der Waals surface area contributed by atoms with Gasteiger partial charge in [0.15, 0.2) is 0 Å². The number of fused-ring (bicyclic) bond motifs is 1. The Kier molecular flexibility index (Phi) is 8.36. The van der Waals surface area contributed by atoms with Gasteiger partial charge in [-0.25, -0.2) is 13.1 Å². The minimum Gasteiger partial charge on any atom is -0.351 e. The zero-order chi connectivity index (χ0) is 29.1. The number of carbonyl (C=O) groups is 2. The van der Waals surface area contributed by atoms with Crippen molar-refractivity contribution in [2.45, 2.75) is 68.5 Å². The van der Waals surface area contributed by atoms with Gasteiger partial charge < -0.3 is 5.32 Å². The molecule has 0 unspecified atom stereocenters. The van der Waals surface area contributed by atoms with Gasteiger partial charge in [0, 0.05) is 29.7 Å². The van der Waals surface area contributed by atoms with E-state index < -0.39 is 16.1 Å². The maximum absolute atomic E-state index is 14.2. The van der Waals surface area contributed by atoms with Crippen molar-refractivity contribution in [2.75, 3.05) is 18.0 Å². The van der Waals surface area contributed by atoms with Gasteiger partial charge in [0.05, 0.1) is 10.4 Å². The van der Waals surface area contributed by atoms with Crippen LogP contribution in [-0.4, -0.2) is 58.7 Å². The average molecular weight is 607 g/mol. The molecule has 0 radical (unpaired) electrons. The SMILES string of the molecule is O=C(NC1CCCC1)[C@@H](c1cccs1)N(C(=O)Cn1nnc2ccccc21)c1ccc(S(=O)(=O)N2CCCCC2)cc1. The second kappa shape index (κ2) is 12.3. The third kappa shape index (κ3) is 5.83. The second-order valence-corrected chi connectivity index (χ2v) is 13.8. The van der Waals surface area contributed by atoms with Crippen LogP contribution in [0, 0.1) is 0 Å². The van der Waals surface area contributed by atoms with Crippen molar-refractivity contribution in [3.63, 3.8) is 0 Å². The van der Waals surface area contributed by atoms with E-state index in [4.69, 9.17) is 0 Å². The number of hydrogen-bond acceptors (Lipinski definition) is 7. The molecule has 2 aliphatic rings. The molecule has 12 heteroatoms. The number of nitrogens with zero attached hydrogens (tertiary/aromatic N) is 5. The van der Waals surface area contributed by atoms with Crippen molar-refractivity contribution in [1.82, 2.24) is 24.6 Å². The van der Waals surface area contributed by atoms with E-state index in [1.807, 2.05) is 41.8 Å². The molecule has 3 heterocycles. The Hall–Kier alpha value is -3.61. The van der Waals surface area contributed by atoms with Gasteiger partial charge in [-0.05, 0) is 73.5 Å². The first-order chi connectivity index (χ1) is 20.4. The monoisotopic (exact) mass is 606 g/mol. The van der Waals surface area contributed by atoms with Crippen molar-refractivity contribution in [1.29, 1.82) is 0 Å². The second-order valence-electron chi connectivity index (χ2n) is 10.9. The van der Waals surface area contributed by atoms with Crippen molar-refractivity contribution >= 4 is 49.9 Å². The Morgan fingerprint density at radius 1 is 0.952 bits per heavy atom. The number of rotatable bonds is 9. The van der Waals surface area contributed by atoms with Gasteiger partial charge in [-0.15, -0.1) is 16.4 Å². The number of piperidine rings is 1. The summed E-state index contributed by atoms with van der Waals surface area (Å²) in [7, 11) is -3.66. The highest BCUT2D eigenvalue weighted by Gasteiger charge is 2.36. The van der Waals surface area contributed by atoms with Crippen molar-refractivity contribution in [3.05, 3.63) is 70.9 Å². The van der Waals surface area contributed by atoms with Crippen LogP contribution >= 0.6 is 11.3 Å². The van der Waals surface area contributed by atoms with Crippen LogP contribution in [0.4, 0.5) is 5.69 Å². The Bertz CT molecular complexity index is 1640. The quantitative estimate of drug-likeness (QED) is 0.300. The summed E-state index contributed by atoms with van der Waals surface area (Å²) in [5, 5.41) is 13.4. The third-order valence-corrected chi connectivity index (χ3v) is 10.9. The first kappa shape index (κ1) is 28.5. The minimum atomic E-state index is -3.66. The number of thiophene rings is 1. The van der Waals surface area contributed by atoms with Gasteiger partial charge in [-0.3, -0.25) is 14.5 Å². The molecule has 2 amide bonds. The number of hydrogen-bond donors (Lipinski definition) is 1. The fraction of sp³-hybridized carbons (Fsp3) is 0.400. The molecule has 1 aliphatic carbocycles. The summed E-state index contributed by atoms with van der Waals surface area (Å²) in [5.74, 6) is -0.622. The summed E-state index contributed by atoms with van der Waals surface area (Å²) in [5.41, 5.74) is 1.80. The van der Waals surface area contributed by atoms with E-state index in [1.54, 1.807) is 12.1 Å². The van der Waals surface area contributed by atoms with E-state index in [0.717, 1.165) is 44.9 Å². The van der Waals surface area contributed by atoms with E-state index in [0.29, 0.717) is 34.7 Å². The van der Waals surface area contributed by atoms with Crippen LogP contribution in [0.25, 0.3) is 11.0 Å². The number of benzene rings is 2. The molecule has 4 aromatic rings. The largest absolute Gasteiger partial charge is 0.351 e. The molecule has 0 spiro atoms. The zero-order valence-electron chi connectivity index (χ0n) is 23.3. The number of sulfonamides is 1. The number of carbonyl (C=O) groups excluding carboxylic acids is 2. The first-order valence-electron chi connectivity index (χ1n) is 14.5. The molecule has 1 saturated carbocycles. The Labute approximate surface area is 249 Å². The smallest absolute Gasteiger partial charge is 0.249 e. The zero-order valence-corrected chi connectivity index (χ0v) is 24.9. The fourth-order valence-corrected chi connectivity index (χ4v) is 8.21. The van der Waals surface area contributed by atoms with Crippen molar-refractivity contribution in [3.8, 4) is 0 Å². The van der Waals surface area contributed by atoms with Crippen LogP contribution in [0.5, 0.6) is 0 Å². The minimum absolute atomic E-state index is 0.0632. The van der Waals surface area contributed by atoms with Crippen LogP contribution in [0.1, 0.15) is 55.9 Å². The molecule has 0 bridgehead atoms. The molecule has 1 saturated heterocycles. The lowest BCUT2D eigenvalue weighted by atomic mass is 10.1. The third-order valence-electron chi connectivity index (χ3n) is 8.06. The molecule has 1 aliphatic heterocycles. The van der Waals surface area contributed by atoms with Crippen molar-refractivity contribution in [2.24, 2.45) is 0 Å². The number of nitrogens with one attached hydrogen (secondary N) is 1. The molecule has 6 rings (SSSR count). The predicted molar refractivity (Wildman–Crippen MR) is 162 cm³/mol. The molecular weight excluding hydrogens is 573 g/mol. The predicted octanol–water partition coefficient (Wildman–Crippen LogP) is 4.50. The van der Waals surface area contributed by atoms with Crippen LogP contribution in [0.3, 0.4) is 0 Å². The topological polar surface area (TPSA) is 117 Å². The van der Waals surface area contributed by atoms with E-state index in [2.05, 4.69) is 15.6 Å². The molecule has 2 fully saturated rings. The Morgan fingerprint density at radius 3 is 2.40 bits per heavy atom. The van der Waals surface area contributed by atoms with Crippen LogP contribution in [0.2, 0.25) is 0 Å². The van der Waals surface area contributed by atoms with Crippen molar-refractivity contribution < 1.29 is 18.0 Å². The molecule has 2 aromatic carbocycles. The van der Waals surface area contributed by atoms with Crippen LogP contribution in [-0.2, 0) is 26.2 Å². The fourth-order valence-electron chi connectivity index (χ4n) is 5.88. The Balaban J connectivity index is 1.37. The molecule has 42 heavy (non-hydrogen) atoms. The molecule has 10 nitrogen and oxygen atoms in total. The van der Waals surface area contributed by atoms with Crippen LogP contribution in [0.15, 0.2) is 70.9 Å². The summed E-state index contributed by atoms with van der Waals surface area (Å²) < 4.78 is 29.7. The van der Waals surface area contributed by atoms with Gasteiger partial charge >= 0.3 is 0 Å². The lowest BCUT2D eigenvalue weighted by molar-refractivity contribution is -0.127. The lowest BCUT2D eigenvalue weighted by Crippen LogP contribution is -2.47. The Morgan fingerprint density at radius 2 is 1.69 bits per heavy atom. The summed E-state index contributed by atoms with van der Waals surface area (Å²) in [4.78, 5) is 30.5. The standard InChI is InChI=1S/C30H34N6O4S2/c37-28(21-35-26-12-5-4-11-25(26)32-33-35)36(29(27-13-8-20-41-27)30(38)31-22-9-2-3-10-22)23-14-16-24(17-15-23)42(39,40)34-18-6-1-7-19-34/h4-5,8,11-17,20,22,29H,1-3,6-7,9-10,18-19,21H2,(H,31,38)/t29-/m1/s1. The maximum Gasteiger partial charge on any atom is 0.249 e. The molecular formula is C30H34N6O4S2. The summed E-state index contributed by atoms with van der Waals surface area (Å²) in [6.45, 7) is 0.859. The number of anilines is 1. The van der Waals surface area contributed by atoms with Gasteiger partial charge in [-0.1, -0.05) is 42.7 Å². The van der Waals surface area contributed by atoms with Gasteiger partial charge in [0.25, 0.3) is 0 Å². The number of aromatic nitrogens is 3.